The Hall–Kier alpha value is -2.26. The van der Waals surface area contributed by atoms with Crippen molar-refractivity contribution in [1.82, 2.24) is 10.2 Å². The van der Waals surface area contributed by atoms with Crippen LogP contribution in [-0.2, 0) is 25.7 Å². The maximum Gasteiger partial charge on any atom is 0.309 e. The van der Waals surface area contributed by atoms with Crippen LogP contribution in [0.2, 0.25) is 5.02 Å². The molecule has 8 nitrogen and oxygen atoms in total. The van der Waals surface area contributed by atoms with Gasteiger partial charge in [-0.2, -0.15) is 0 Å². The van der Waals surface area contributed by atoms with Gasteiger partial charge in [-0.3, -0.25) is 19.3 Å². The first-order chi connectivity index (χ1) is 27.1. The highest BCUT2D eigenvalue weighted by Gasteiger charge is 2.71. The largest absolute Gasteiger partial charge is 0.481 e. The third-order valence-electron chi connectivity index (χ3n) is 17.9. The van der Waals surface area contributed by atoms with Crippen molar-refractivity contribution >= 4 is 29.3 Å². The number of ether oxygens (including phenoxy) is 1. The van der Waals surface area contributed by atoms with Gasteiger partial charge in [0.25, 0.3) is 0 Å². The molecule has 5 fully saturated rings. The molecule has 0 aromatic heterocycles. The first-order valence-corrected chi connectivity index (χ1v) is 23.1. The molecular formula is C49H73ClN2O6. The van der Waals surface area contributed by atoms with Crippen LogP contribution in [0.25, 0.3) is 0 Å². The van der Waals surface area contributed by atoms with Crippen LogP contribution in [0.4, 0.5) is 0 Å². The molecule has 5 aliphatic carbocycles. The topological polar surface area (TPSA) is 116 Å². The van der Waals surface area contributed by atoms with Crippen LogP contribution in [0, 0.1) is 56.2 Å². The second kappa shape index (κ2) is 15.6. The van der Waals surface area contributed by atoms with Crippen molar-refractivity contribution in [3.05, 3.63) is 46.0 Å². The number of nitrogens with one attached hydrogen (secondary N) is 1. The number of aliphatic carboxylic acids is 1. The molecule has 1 aliphatic heterocycles. The molecule has 9 heteroatoms. The van der Waals surface area contributed by atoms with Crippen molar-refractivity contribution in [2.45, 2.75) is 164 Å². The zero-order chi connectivity index (χ0) is 42.2. The fourth-order valence-electron chi connectivity index (χ4n) is 14.6. The fourth-order valence-corrected chi connectivity index (χ4v) is 14.7. The lowest BCUT2D eigenvalue weighted by molar-refractivity contribution is -0.235. The van der Waals surface area contributed by atoms with Crippen molar-refractivity contribution in [2.75, 3.05) is 19.6 Å². The first kappa shape index (κ1) is 43.8. The van der Waals surface area contributed by atoms with Gasteiger partial charge in [-0.25, -0.2) is 0 Å². The minimum atomic E-state index is -1.17. The number of nitrogens with zero attached hydrogens (tertiary/aromatic N) is 1. The number of aliphatic hydroxyl groups excluding tert-OH is 1. The lowest BCUT2D eigenvalue weighted by atomic mass is 9.33. The van der Waals surface area contributed by atoms with Gasteiger partial charge in [0.1, 0.15) is 6.10 Å². The number of fused-ring (bicyclic) bond motifs is 7. The van der Waals surface area contributed by atoms with E-state index in [1.54, 1.807) is 13.8 Å². The molecule has 0 amide bonds. The normalized spacial score (nSPS) is 37.6. The van der Waals surface area contributed by atoms with Gasteiger partial charge in [0.2, 0.25) is 0 Å². The summed E-state index contributed by atoms with van der Waals surface area (Å²) in [5.41, 5.74) is 1.59. The molecule has 322 valence electrons. The highest BCUT2D eigenvalue weighted by molar-refractivity contribution is 6.30. The number of halogens is 1. The summed E-state index contributed by atoms with van der Waals surface area (Å²) in [5.74, 6) is 0.0279. The van der Waals surface area contributed by atoms with Crippen molar-refractivity contribution in [2.24, 2.45) is 56.2 Å². The second-order valence-electron chi connectivity index (χ2n) is 22.2. The summed E-state index contributed by atoms with van der Waals surface area (Å²) in [5, 5.41) is 26.9. The van der Waals surface area contributed by atoms with Crippen molar-refractivity contribution in [3.63, 3.8) is 0 Å². The number of esters is 1. The van der Waals surface area contributed by atoms with Gasteiger partial charge in [0.15, 0.2) is 5.78 Å². The molecule has 3 N–H and O–H groups in total. The average molecular weight is 822 g/mol. The molecule has 1 aromatic rings. The molecule has 4 saturated carbocycles. The summed E-state index contributed by atoms with van der Waals surface area (Å²) in [6.07, 6.45) is 9.49. The monoisotopic (exact) mass is 821 g/mol. The number of carbonyl (C=O) groups is 3. The maximum absolute atomic E-state index is 14.4. The van der Waals surface area contributed by atoms with Crippen LogP contribution in [0.1, 0.15) is 145 Å². The molecule has 6 aliphatic rings. The highest BCUT2D eigenvalue weighted by Crippen LogP contribution is 2.77. The van der Waals surface area contributed by atoms with Crippen LogP contribution in [0.5, 0.6) is 0 Å². The Labute approximate surface area is 353 Å². The van der Waals surface area contributed by atoms with Gasteiger partial charge < -0.3 is 20.3 Å². The molecule has 1 heterocycles. The van der Waals surface area contributed by atoms with E-state index in [2.05, 4.69) is 70.8 Å². The molecular weight excluding hydrogens is 748 g/mol. The summed E-state index contributed by atoms with van der Waals surface area (Å²) < 4.78 is 6.20. The standard InChI is InChI=1S/C49H73ClN2O6/c1-30(2)41-35(53)25-49(38(54)29-52(28-33-11-10-24-51-33)27-31-12-14-32(50)15-13-31)23-22-47(8)34(42(41)49)16-17-37-46(7)20-19-39(58-40(55)26-44(3,4)43(56)57)45(5,6)36(46)18-21-48(37,47)9/h12-15,30,33-34,36-39,51,54H,10-11,16-29H2,1-9H3,(H,56,57)/t33-,34-,36+,37-,38?,39+,46+,47-,48-,49?/m1/s1. The van der Waals surface area contributed by atoms with Gasteiger partial charge in [0, 0.05) is 47.9 Å². The number of allylic oxidation sites excluding steroid dienone is 1. The van der Waals surface area contributed by atoms with Gasteiger partial charge in [0.05, 0.1) is 17.9 Å². The lowest BCUT2D eigenvalue weighted by Gasteiger charge is -2.72. The van der Waals surface area contributed by atoms with E-state index in [1.165, 1.54) is 17.6 Å². The summed E-state index contributed by atoms with van der Waals surface area (Å²) in [6.45, 7) is 22.9. The van der Waals surface area contributed by atoms with Crippen LogP contribution >= 0.6 is 11.6 Å². The van der Waals surface area contributed by atoms with Crippen LogP contribution < -0.4 is 5.32 Å². The Morgan fingerprint density at radius 3 is 2.29 bits per heavy atom. The van der Waals surface area contributed by atoms with Crippen molar-refractivity contribution < 1.29 is 29.3 Å². The van der Waals surface area contributed by atoms with Crippen LogP contribution in [-0.4, -0.2) is 70.7 Å². The third-order valence-corrected chi connectivity index (χ3v) is 18.1. The number of ketones is 1. The quantitative estimate of drug-likeness (QED) is 0.179. The fraction of sp³-hybridized carbons (Fsp3) is 0.776. The van der Waals surface area contributed by atoms with Gasteiger partial charge in [-0.1, -0.05) is 77.8 Å². The minimum absolute atomic E-state index is 0.0279. The van der Waals surface area contributed by atoms with Crippen LogP contribution in [0.3, 0.4) is 0 Å². The molecule has 0 spiro atoms. The summed E-state index contributed by atoms with van der Waals surface area (Å²) in [4.78, 5) is 41.8. The van der Waals surface area contributed by atoms with E-state index in [9.17, 15) is 24.6 Å². The van der Waals surface area contributed by atoms with E-state index in [0.29, 0.717) is 30.8 Å². The number of hydrogen-bond donors (Lipinski definition) is 3. The number of aliphatic hydroxyl groups is 1. The SMILES string of the molecule is CC(C)C1=C2[C@H]3CC[C@@H]4[C@@]5(C)CC[C@H](OC(=O)CC(C)(C)C(=O)O)C(C)(C)[C@@H]5CC[C@@]4(C)[C@]3(C)CCC2(C(O)CN(Cc2ccc(Cl)cc2)C[C@H]2CCCN2)CC1=O. The zero-order valence-corrected chi connectivity index (χ0v) is 37.8. The number of hydrogen-bond acceptors (Lipinski definition) is 7. The molecule has 1 saturated heterocycles. The number of carbonyl (C=O) groups excluding carboxylic acids is 2. The second-order valence-corrected chi connectivity index (χ2v) is 22.6. The molecule has 58 heavy (non-hydrogen) atoms. The zero-order valence-electron chi connectivity index (χ0n) is 37.0. The van der Waals surface area contributed by atoms with Gasteiger partial charge in [-0.05, 0) is 148 Å². The number of carboxylic acids is 1. The number of benzene rings is 1. The third kappa shape index (κ3) is 7.23. The number of carboxylic acid groups (broad SMARTS) is 1. The van der Waals surface area contributed by atoms with Crippen LogP contribution in [0.15, 0.2) is 35.4 Å². The van der Waals surface area contributed by atoms with Crippen molar-refractivity contribution in [3.8, 4) is 0 Å². The smallest absolute Gasteiger partial charge is 0.309 e. The van der Waals surface area contributed by atoms with E-state index in [0.717, 1.165) is 88.0 Å². The summed E-state index contributed by atoms with van der Waals surface area (Å²) in [6, 6.07) is 8.47. The van der Waals surface area contributed by atoms with E-state index in [1.807, 2.05) is 12.1 Å². The Morgan fingerprint density at radius 1 is 0.948 bits per heavy atom. The molecule has 0 bridgehead atoms. The van der Waals surface area contributed by atoms with Crippen molar-refractivity contribution in [1.29, 1.82) is 0 Å². The minimum Gasteiger partial charge on any atom is -0.481 e. The number of rotatable bonds is 12. The Morgan fingerprint density at radius 2 is 1.66 bits per heavy atom. The Balaban J connectivity index is 1.16. The summed E-state index contributed by atoms with van der Waals surface area (Å²) >= 11 is 6.27. The molecule has 10 atom stereocenters. The van der Waals surface area contributed by atoms with E-state index in [4.69, 9.17) is 16.3 Å². The van der Waals surface area contributed by atoms with Gasteiger partial charge >= 0.3 is 11.9 Å². The molecule has 1 aromatic carbocycles. The molecule has 7 rings (SSSR count). The summed E-state index contributed by atoms with van der Waals surface area (Å²) in [7, 11) is 0. The van der Waals surface area contributed by atoms with Gasteiger partial charge in [-0.15, -0.1) is 0 Å². The average Bonchev–Trinajstić information content (AvgIpc) is 3.76. The van der Waals surface area contributed by atoms with E-state index >= 15 is 0 Å². The first-order valence-electron chi connectivity index (χ1n) is 22.7. The lowest BCUT2D eigenvalue weighted by Crippen LogP contribution is -2.66. The predicted octanol–water partition coefficient (Wildman–Crippen LogP) is 9.65. The Bertz CT molecular complexity index is 1780. The Kier molecular flexibility index (Phi) is 11.8. The molecule has 0 radical (unpaired) electrons. The predicted molar refractivity (Wildman–Crippen MR) is 229 cm³/mol. The highest BCUT2D eigenvalue weighted by atomic mass is 35.5. The molecule has 2 unspecified atom stereocenters. The maximum atomic E-state index is 14.4. The van der Waals surface area contributed by atoms with E-state index in [-0.39, 0.29) is 51.8 Å². The number of Topliss-reactive ketones (excluding diaryl/α,β-unsaturated/α-hetero) is 1. The van der Waals surface area contributed by atoms with E-state index < -0.39 is 28.9 Å².